The summed E-state index contributed by atoms with van der Waals surface area (Å²) in [6.45, 7) is 0.990. The molecule has 0 amide bonds. The smallest absolute Gasteiger partial charge is 0.155 e. The molecule has 2 nitrogen and oxygen atoms in total. The van der Waals surface area contributed by atoms with Crippen LogP contribution in [0.5, 0.6) is 0 Å². The number of ketones is 1. The molecule has 0 aromatic heterocycles. The van der Waals surface area contributed by atoms with Crippen LogP contribution in [-0.2, 0) is 11.2 Å². The van der Waals surface area contributed by atoms with Gasteiger partial charge in [0.05, 0.1) is 6.04 Å². The lowest BCUT2D eigenvalue weighted by Crippen LogP contribution is -2.45. The van der Waals surface area contributed by atoms with E-state index in [1.54, 1.807) is 0 Å². The van der Waals surface area contributed by atoms with Gasteiger partial charge in [0, 0.05) is 29.5 Å². The minimum absolute atomic E-state index is 0.0463. The van der Waals surface area contributed by atoms with Crippen molar-refractivity contribution in [3.63, 3.8) is 0 Å². The highest BCUT2D eigenvalue weighted by Crippen LogP contribution is 2.20. The molecule has 0 bridgehead atoms. The van der Waals surface area contributed by atoms with Gasteiger partial charge in [0.25, 0.3) is 0 Å². The summed E-state index contributed by atoms with van der Waals surface area (Å²) in [7, 11) is 2.02. The van der Waals surface area contributed by atoms with E-state index in [4.69, 9.17) is 11.6 Å². The Labute approximate surface area is 111 Å². The van der Waals surface area contributed by atoms with Crippen LogP contribution in [-0.4, -0.2) is 41.8 Å². The number of halogens is 1. The third-order valence-corrected chi connectivity index (χ3v) is 4.48. The molecule has 92 valence electrons. The van der Waals surface area contributed by atoms with E-state index >= 15 is 0 Å². The molecule has 0 saturated carbocycles. The van der Waals surface area contributed by atoms with Crippen molar-refractivity contribution in [3.8, 4) is 0 Å². The Morgan fingerprint density at radius 2 is 2.29 bits per heavy atom. The molecule has 1 heterocycles. The lowest BCUT2D eigenvalue weighted by Gasteiger charge is -2.30. The summed E-state index contributed by atoms with van der Waals surface area (Å²) in [6.07, 6.45) is 0.440. The number of benzene rings is 1. The number of thioether (sulfide) groups is 1. The van der Waals surface area contributed by atoms with Gasteiger partial charge >= 0.3 is 0 Å². The Bertz CT molecular complexity index is 410. The quantitative estimate of drug-likeness (QED) is 0.841. The lowest BCUT2D eigenvalue weighted by atomic mass is 10.0. The Balaban J connectivity index is 2.03. The highest BCUT2D eigenvalue weighted by Gasteiger charge is 2.26. The van der Waals surface area contributed by atoms with Crippen LogP contribution < -0.4 is 0 Å². The van der Waals surface area contributed by atoms with E-state index in [0.29, 0.717) is 11.4 Å². The summed E-state index contributed by atoms with van der Waals surface area (Å²) in [4.78, 5) is 14.4. The molecule has 1 aromatic carbocycles. The molecule has 0 spiro atoms. The van der Waals surface area contributed by atoms with Gasteiger partial charge in [-0.2, -0.15) is 11.8 Å². The highest BCUT2D eigenvalue weighted by atomic mass is 35.5. The molecule has 1 aliphatic heterocycles. The van der Waals surface area contributed by atoms with Crippen molar-refractivity contribution < 1.29 is 4.79 Å². The van der Waals surface area contributed by atoms with Crippen LogP contribution in [0.3, 0.4) is 0 Å². The van der Waals surface area contributed by atoms with Gasteiger partial charge in [-0.1, -0.05) is 29.8 Å². The van der Waals surface area contributed by atoms with Crippen LogP contribution in [0, 0.1) is 0 Å². The summed E-state index contributed by atoms with van der Waals surface area (Å²) in [5.41, 5.74) is 0.933. The molecular formula is C13H16ClNOS. The van der Waals surface area contributed by atoms with Crippen molar-refractivity contribution in [3.05, 3.63) is 34.9 Å². The van der Waals surface area contributed by atoms with Gasteiger partial charge in [0.1, 0.15) is 0 Å². The highest BCUT2D eigenvalue weighted by molar-refractivity contribution is 7.99. The Morgan fingerprint density at radius 1 is 1.53 bits per heavy atom. The van der Waals surface area contributed by atoms with Gasteiger partial charge in [0.2, 0.25) is 0 Å². The Hall–Kier alpha value is -0.510. The van der Waals surface area contributed by atoms with Crippen LogP contribution >= 0.6 is 23.4 Å². The number of nitrogens with zero attached hydrogens (tertiary/aromatic N) is 1. The van der Waals surface area contributed by atoms with Gasteiger partial charge in [0.15, 0.2) is 5.78 Å². The normalized spacial score (nSPS) is 21.4. The summed E-state index contributed by atoms with van der Waals surface area (Å²) < 4.78 is 0. The Kier molecular flexibility index (Phi) is 4.48. The minimum atomic E-state index is 0.0463. The summed E-state index contributed by atoms with van der Waals surface area (Å²) in [5, 5.41) is 0.687. The number of rotatable bonds is 3. The third kappa shape index (κ3) is 3.24. The maximum atomic E-state index is 12.2. The van der Waals surface area contributed by atoms with E-state index in [1.807, 2.05) is 43.1 Å². The van der Waals surface area contributed by atoms with Crippen molar-refractivity contribution in [2.75, 3.05) is 25.1 Å². The molecule has 1 saturated heterocycles. The van der Waals surface area contributed by atoms with Crippen molar-refractivity contribution in [1.82, 2.24) is 4.90 Å². The average molecular weight is 270 g/mol. The zero-order valence-electron chi connectivity index (χ0n) is 9.86. The molecule has 0 N–H and O–H groups in total. The largest absolute Gasteiger partial charge is 0.298 e. The van der Waals surface area contributed by atoms with E-state index in [-0.39, 0.29) is 11.8 Å². The predicted octanol–water partition coefficient (Wildman–Crippen LogP) is 2.50. The van der Waals surface area contributed by atoms with E-state index < -0.39 is 0 Å². The number of Topliss-reactive ketones (excluding diaryl/α,β-unsaturated/α-hetero) is 1. The zero-order valence-corrected chi connectivity index (χ0v) is 11.4. The first kappa shape index (κ1) is 12.9. The Morgan fingerprint density at radius 3 is 3.00 bits per heavy atom. The second kappa shape index (κ2) is 5.89. The predicted molar refractivity (Wildman–Crippen MR) is 73.9 cm³/mol. The third-order valence-electron chi connectivity index (χ3n) is 3.09. The van der Waals surface area contributed by atoms with Crippen LogP contribution in [0.2, 0.25) is 5.02 Å². The molecule has 17 heavy (non-hydrogen) atoms. The fourth-order valence-electron chi connectivity index (χ4n) is 1.97. The van der Waals surface area contributed by atoms with Crippen LogP contribution in [0.1, 0.15) is 5.56 Å². The van der Waals surface area contributed by atoms with Crippen molar-refractivity contribution >= 4 is 29.1 Å². The summed E-state index contributed by atoms with van der Waals surface area (Å²) in [6, 6.07) is 7.62. The number of likely N-dealkylation sites (N-methyl/N-ethyl adjacent to an activating group) is 1. The van der Waals surface area contributed by atoms with Gasteiger partial charge in [-0.05, 0) is 18.7 Å². The number of carbonyl (C=O) groups excluding carboxylic acids is 1. The standard InChI is InChI=1S/C13H16ClNOS/c1-15-6-7-17-9-12(15)13(16)8-10-4-2-3-5-11(10)14/h2-5,12H,6-9H2,1H3. The topological polar surface area (TPSA) is 20.3 Å². The van der Waals surface area contributed by atoms with E-state index in [1.165, 1.54) is 0 Å². The van der Waals surface area contributed by atoms with Crippen LogP contribution in [0.25, 0.3) is 0 Å². The molecule has 1 aliphatic rings. The monoisotopic (exact) mass is 269 g/mol. The van der Waals surface area contributed by atoms with Gasteiger partial charge in [-0.3, -0.25) is 9.69 Å². The fraction of sp³-hybridized carbons (Fsp3) is 0.462. The molecule has 4 heteroatoms. The maximum Gasteiger partial charge on any atom is 0.155 e. The first-order valence-electron chi connectivity index (χ1n) is 5.72. The van der Waals surface area contributed by atoms with Gasteiger partial charge in [-0.15, -0.1) is 0 Å². The lowest BCUT2D eigenvalue weighted by molar-refractivity contribution is -0.122. The maximum absolute atomic E-state index is 12.2. The van der Waals surface area contributed by atoms with Crippen molar-refractivity contribution in [2.24, 2.45) is 0 Å². The van der Waals surface area contributed by atoms with Crippen molar-refractivity contribution in [1.29, 1.82) is 0 Å². The zero-order chi connectivity index (χ0) is 12.3. The summed E-state index contributed by atoms with van der Waals surface area (Å²) >= 11 is 7.93. The SMILES string of the molecule is CN1CCSCC1C(=O)Cc1ccccc1Cl. The summed E-state index contributed by atoms with van der Waals surface area (Å²) in [5.74, 6) is 2.29. The van der Waals surface area contributed by atoms with E-state index in [0.717, 1.165) is 23.6 Å². The second-order valence-electron chi connectivity index (χ2n) is 4.31. The second-order valence-corrected chi connectivity index (χ2v) is 5.86. The fourth-order valence-corrected chi connectivity index (χ4v) is 3.42. The minimum Gasteiger partial charge on any atom is -0.298 e. The van der Waals surface area contributed by atoms with Crippen LogP contribution in [0.15, 0.2) is 24.3 Å². The first-order chi connectivity index (χ1) is 8.18. The van der Waals surface area contributed by atoms with E-state index in [9.17, 15) is 4.79 Å². The molecule has 1 aromatic rings. The first-order valence-corrected chi connectivity index (χ1v) is 7.26. The molecule has 1 fully saturated rings. The molecule has 0 radical (unpaired) electrons. The molecular weight excluding hydrogens is 254 g/mol. The molecule has 0 aliphatic carbocycles. The van der Waals surface area contributed by atoms with E-state index in [2.05, 4.69) is 4.90 Å². The van der Waals surface area contributed by atoms with Crippen LogP contribution in [0.4, 0.5) is 0 Å². The number of hydrogen-bond acceptors (Lipinski definition) is 3. The average Bonchev–Trinajstić information content (AvgIpc) is 2.32. The number of hydrogen-bond donors (Lipinski definition) is 0. The molecule has 1 atom stereocenters. The molecule has 2 rings (SSSR count). The molecule has 1 unspecified atom stereocenters. The van der Waals surface area contributed by atoms with Gasteiger partial charge in [-0.25, -0.2) is 0 Å². The van der Waals surface area contributed by atoms with Gasteiger partial charge < -0.3 is 0 Å². The van der Waals surface area contributed by atoms with Crippen molar-refractivity contribution in [2.45, 2.75) is 12.5 Å². The number of carbonyl (C=O) groups is 1.